The maximum Gasteiger partial charge on any atom is 0.373 e. The molecule has 4 aliphatic carbocycles. The summed E-state index contributed by atoms with van der Waals surface area (Å²) in [4.78, 5) is 35.2. The van der Waals surface area contributed by atoms with E-state index in [9.17, 15) is 18.8 Å². The van der Waals surface area contributed by atoms with E-state index in [-0.39, 0.29) is 51.7 Å². The average Bonchev–Trinajstić information content (AvgIpc) is 3.48. The molecule has 0 saturated heterocycles. The molecule has 1 heterocycles. The molecular formula is C29H36F2O5S. The normalized spacial score (nSPS) is 39.9. The summed E-state index contributed by atoms with van der Waals surface area (Å²) in [6, 6.07) is 2.49. The molecule has 5 unspecified atom stereocenters. The van der Waals surface area contributed by atoms with Crippen molar-refractivity contribution in [3.63, 3.8) is 0 Å². The largest absolute Gasteiger partial charge is 0.463 e. The summed E-state index contributed by atoms with van der Waals surface area (Å²) in [7, 11) is 1.31. The van der Waals surface area contributed by atoms with Gasteiger partial charge in [0.15, 0.2) is 10.9 Å². The minimum atomic E-state index is -1.41. The predicted molar refractivity (Wildman–Crippen MR) is 138 cm³/mol. The van der Waals surface area contributed by atoms with Crippen molar-refractivity contribution in [2.75, 3.05) is 13.1 Å². The Morgan fingerprint density at radius 3 is 2.54 bits per heavy atom. The highest BCUT2D eigenvalue weighted by molar-refractivity contribution is 8.13. The zero-order valence-electron chi connectivity index (χ0n) is 22.1. The van der Waals surface area contributed by atoms with Crippen LogP contribution < -0.4 is 0 Å². The second-order valence-corrected chi connectivity index (χ2v) is 12.4. The van der Waals surface area contributed by atoms with E-state index in [1.807, 2.05) is 6.92 Å². The lowest BCUT2D eigenvalue weighted by molar-refractivity contribution is -0.142. The zero-order chi connectivity index (χ0) is 27.2. The molecular weight excluding hydrogens is 498 g/mol. The Labute approximate surface area is 221 Å². The van der Waals surface area contributed by atoms with Crippen molar-refractivity contribution in [2.45, 2.75) is 59.0 Å². The molecule has 0 aromatic carbocycles. The van der Waals surface area contributed by atoms with Gasteiger partial charge in [-0.3, -0.25) is 9.59 Å². The van der Waals surface area contributed by atoms with Crippen molar-refractivity contribution >= 4 is 28.6 Å². The number of carbonyl (C=O) groups excluding carboxylic acids is 3. The Hall–Kier alpha value is -2.22. The quantitative estimate of drug-likeness (QED) is 0.400. The number of hydrogen-bond donors (Lipinski definition) is 0. The standard InChI is InChI=1S/C23H30F2O2S.C6H6O3/c1-13-9-18-17-10-14(2)19(20(27)28-12-24)21(17,3)7-8-23(18,25)22(4)6-5-15(26)11-16(13)22;1-8-6(7)5-3-2-4-9-5/h5-6,11,13-14,17-19H,7-10,12H2,1-4H3;2-4H,1H3/t13-,14+,17?,18?,19?,21?,22?,23+;/m0./s1. The molecule has 0 radical (unpaired) electrons. The minimum Gasteiger partial charge on any atom is -0.463 e. The van der Waals surface area contributed by atoms with Gasteiger partial charge in [-0.15, -0.1) is 0 Å². The fourth-order valence-corrected chi connectivity index (χ4v) is 8.77. The molecule has 0 spiro atoms. The molecule has 5 nitrogen and oxygen atoms in total. The first kappa shape index (κ1) is 27.8. The van der Waals surface area contributed by atoms with Crippen LogP contribution in [0, 0.1) is 40.4 Å². The number of methoxy groups -OCH3 is 1. The van der Waals surface area contributed by atoms with Gasteiger partial charge in [0.25, 0.3) is 0 Å². The topological polar surface area (TPSA) is 73.6 Å². The van der Waals surface area contributed by atoms with Crippen LogP contribution in [0.2, 0.25) is 0 Å². The van der Waals surface area contributed by atoms with Crippen LogP contribution in [0.1, 0.15) is 63.9 Å². The molecule has 1 aromatic heterocycles. The number of thioether (sulfide) groups is 1. The van der Waals surface area contributed by atoms with E-state index in [0.29, 0.717) is 19.3 Å². The summed E-state index contributed by atoms with van der Waals surface area (Å²) in [5.74, 6) is -0.207. The number of furan rings is 1. The van der Waals surface area contributed by atoms with Crippen molar-refractivity contribution in [1.82, 2.24) is 0 Å². The summed E-state index contributed by atoms with van der Waals surface area (Å²) in [5.41, 5.74) is -1.51. The third-order valence-electron chi connectivity index (χ3n) is 9.69. The Bertz CT molecular complexity index is 1110. The van der Waals surface area contributed by atoms with Crippen LogP contribution in [0.15, 0.2) is 46.6 Å². The first-order valence-electron chi connectivity index (χ1n) is 12.9. The molecule has 0 N–H and O–H groups in total. The molecule has 8 atom stereocenters. The van der Waals surface area contributed by atoms with Crippen molar-refractivity contribution < 1.29 is 32.3 Å². The molecule has 37 heavy (non-hydrogen) atoms. The fourth-order valence-electron chi connectivity index (χ4n) is 7.98. The third kappa shape index (κ3) is 4.43. The van der Waals surface area contributed by atoms with Gasteiger partial charge in [0.05, 0.1) is 13.4 Å². The number of carbonyl (C=O) groups is 3. The van der Waals surface area contributed by atoms with E-state index in [4.69, 9.17) is 4.42 Å². The molecule has 0 bridgehead atoms. The van der Waals surface area contributed by atoms with Crippen LogP contribution in [0.5, 0.6) is 0 Å². The Kier molecular flexibility index (Phi) is 7.63. The van der Waals surface area contributed by atoms with E-state index < -0.39 is 23.1 Å². The van der Waals surface area contributed by atoms with Crippen LogP contribution in [0.4, 0.5) is 8.78 Å². The number of rotatable bonds is 3. The summed E-state index contributed by atoms with van der Waals surface area (Å²) in [6.45, 7) is 8.26. The Morgan fingerprint density at radius 2 is 1.92 bits per heavy atom. The van der Waals surface area contributed by atoms with Gasteiger partial charge in [0.1, 0.15) is 11.7 Å². The molecule has 202 valence electrons. The number of halogens is 2. The predicted octanol–water partition coefficient (Wildman–Crippen LogP) is 6.75. The summed E-state index contributed by atoms with van der Waals surface area (Å²) in [5, 5.41) is -0.0647. The minimum absolute atomic E-state index is 0.0505. The lowest BCUT2D eigenvalue weighted by Crippen LogP contribution is -2.61. The molecule has 3 fully saturated rings. The number of allylic oxidation sites excluding steroid dienone is 4. The van der Waals surface area contributed by atoms with Gasteiger partial charge in [0, 0.05) is 11.3 Å². The van der Waals surface area contributed by atoms with Gasteiger partial charge in [0.2, 0.25) is 5.76 Å². The monoisotopic (exact) mass is 534 g/mol. The Balaban J connectivity index is 0.000000301. The van der Waals surface area contributed by atoms with Crippen molar-refractivity contribution in [3.8, 4) is 0 Å². The number of fused-ring (bicyclic) bond motifs is 5. The number of alkyl halides is 2. The number of hydrogen-bond acceptors (Lipinski definition) is 6. The Morgan fingerprint density at radius 1 is 1.19 bits per heavy atom. The molecule has 3 saturated carbocycles. The highest BCUT2D eigenvalue weighted by Crippen LogP contribution is 2.70. The SMILES string of the molecule is COC(=O)c1ccco1.C[C@@H]1CC2C3C[C@H](C)C4=CC(=O)C=CC4(C)[C@@]3(F)CCC2(C)C1C(=O)SCF. The van der Waals surface area contributed by atoms with Crippen LogP contribution in [0.3, 0.4) is 0 Å². The molecule has 0 amide bonds. The fraction of sp³-hybridized carbons (Fsp3) is 0.621. The van der Waals surface area contributed by atoms with Gasteiger partial charge >= 0.3 is 5.97 Å². The first-order valence-corrected chi connectivity index (χ1v) is 13.9. The second kappa shape index (κ2) is 10.2. The number of ether oxygens (including phenoxy) is 1. The lowest BCUT2D eigenvalue weighted by Gasteiger charge is -2.61. The van der Waals surface area contributed by atoms with Crippen LogP contribution >= 0.6 is 11.8 Å². The second-order valence-electron chi connectivity index (χ2n) is 11.5. The van der Waals surface area contributed by atoms with Gasteiger partial charge in [-0.1, -0.05) is 44.2 Å². The van der Waals surface area contributed by atoms with E-state index in [1.165, 1.54) is 19.4 Å². The summed E-state index contributed by atoms with van der Waals surface area (Å²) >= 11 is 0.776. The van der Waals surface area contributed by atoms with Gasteiger partial charge in [-0.2, -0.15) is 0 Å². The maximum atomic E-state index is 16.9. The molecule has 0 aliphatic heterocycles. The highest BCUT2D eigenvalue weighted by Gasteiger charge is 2.69. The average molecular weight is 535 g/mol. The van der Waals surface area contributed by atoms with Crippen molar-refractivity contribution in [3.05, 3.63) is 48.0 Å². The zero-order valence-corrected chi connectivity index (χ0v) is 22.9. The van der Waals surface area contributed by atoms with E-state index >= 15 is 4.39 Å². The summed E-state index contributed by atoms with van der Waals surface area (Å²) in [6.07, 6.45) is 8.95. The molecule has 1 aromatic rings. The molecule has 5 rings (SSSR count). The number of esters is 1. The van der Waals surface area contributed by atoms with Crippen LogP contribution in [-0.2, 0) is 14.3 Å². The molecule has 8 heteroatoms. The van der Waals surface area contributed by atoms with Gasteiger partial charge in [-0.05, 0) is 86.0 Å². The maximum absolute atomic E-state index is 16.9. The third-order valence-corrected chi connectivity index (χ3v) is 10.3. The van der Waals surface area contributed by atoms with Crippen molar-refractivity contribution in [2.24, 2.45) is 40.4 Å². The van der Waals surface area contributed by atoms with Crippen molar-refractivity contribution in [1.29, 1.82) is 0 Å². The van der Waals surface area contributed by atoms with Gasteiger partial charge in [-0.25, -0.2) is 13.6 Å². The van der Waals surface area contributed by atoms with E-state index in [2.05, 4.69) is 25.5 Å². The van der Waals surface area contributed by atoms with E-state index in [0.717, 1.165) is 23.8 Å². The lowest BCUT2D eigenvalue weighted by atomic mass is 9.44. The highest BCUT2D eigenvalue weighted by atomic mass is 32.2. The first-order chi connectivity index (χ1) is 17.4. The smallest absolute Gasteiger partial charge is 0.373 e. The van der Waals surface area contributed by atoms with Crippen LogP contribution in [-0.4, -0.2) is 35.7 Å². The summed E-state index contributed by atoms with van der Waals surface area (Å²) < 4.78 is 38.8. The van der Waals surface area contributed by atoms with Gasteiger partial charge < -0.3 is 9.15 Å². The molecule has 4 aliphatic rings. The number of ketones is 1. The van der Waals surface area contributed by atoms with Crippen LogP contribution in [0.25, 0.3) is 0 Å². The van der Waals surface area contributed by atoms with E-state index in [1.54, 1.807) is 24.3 Å².